The summed E-state index contributed by atoms with van der Waals surface area (Å²) in [5.74, 6) is -0.0421. The van der Waals surface area contributed by atoms with E-state index in [0.29, 0.717) is 11.0 Å². The molecule has 0 spiro atoms. The monoisotopic (exact) mass is 298 g/mol. The molecule has 0 aliphatic carbocycles. The van der Waals surface area contributed by atoms with Gasteiger partial charge in [-0.05, 0) is 12.1 Å². The highest BCUT2D eigenvalue weighted by atomic mass is 32.2. The number of amidine groups is 1. The van der Waals surface area contributed by atoms with Crippen LogP contribution in [0.5, 0.6) is 5.75 Å². The van der Waals surface area contributed by atoms with Crippen molar-refractivity contribution >= 4 is 26.6 Å². The smallest absolute Gasteiger partial charge is 0.215 e. The second-order valence-corrected chi connectivity index (χ2v) is 6.48. The Hall–Kier alpha value is -2.22. The summed E-state index contributed by atoms with van der Waals surface area (Å²) in [5, 5.41) is 12.2. The molecule has 20 heavy (non-hydrogen) atoms. The number of oxime groups is 1. The summed E-state index contributed by atoms with van der Waals surface area (Å²) in [6.07, 6.45) is 1.12. The Kier molecular flexibility index (Phi) is 3.84. The van der Waals surface area contributed by atoms with Gasteiger partial charge in [0.1, 0.15) is 12.2 Å². The minimum Gasteiger partial charge on any atom is -0.488 e. The van der Waals surface area contributed by atoms with Gasteiger partial charge in [-0.2, -0.15) is 0 Å². The number of hydrogen-bond donors (Lipinski definition) is 2. The Morgan fingerprint density at radius 1 is 1.45 bits per heavy atom. The summed E-state index contributed by atoms with van der Waals surface area (Å²) in [4.78, 5) is 0. The zero-order chi connectivity index (χ0) is 14.8. The van der Waals surface area contributed by atoms with Gasteiger partial charge in [-0.15, -0.1) is 0 Å². The molecule has 0 aliphatic heterocycles. The molecule has 1 aromatic carbocycles. The number of fused-ring (bicyclic) bond motifs is 1. The highest BCUT2D eigenvalue weighted by Crippen LogP contribution is 2.32. The molecule has 1 heterocycles. The summed E-state index contributed by atoms with van der Waals surface area (Å²) >= 11 is 0. The first-order valence-corrected chi connectivity index (χ1v) is 7.78. The van der Waals surface area contributed by atoms with E-state index < -0.39 is 9.84 Å². The maximum absolute atomic E-state index is 11.1. The fraction of sp³-hybridized carbons (Fsp3) is 0.250. The fourth-order valence-electron chi connectivity index (χ4n) is 1.67. The average molecular weight is 298 g/mol. The standard InChI is InChI=1S/C12H14N2O5S/c1-20(16,17)7-6-18-10-8-4-2-3-5-9(8)19-11(10)12(13)14-15/h2-5,15H,6-7H2,1H3,(H2,13,14). The van der Waals surface area contributed by atoms with Crippen LogP contribution in [0.3, 0.4) is 0 Å². The van der Waals surface area contributed by atoms with E-state index in [1.54, 1.807) is 24.3 Å². The number of ether oxygens (including phenoxy) is 1. The number of nitrogens with two attached hydrogens (primary N) is 1. The highest BCUT2D eigenvalue weighted by Gasteiger charge is 2.19. The minimum atomic E-state index is -3.14. The van der Waals surface area contributed by atoms with Gasteiger partial charge in [-0.1, -0.05) is 17.3 Å². The predicted molar refractivity (Wildman–Crippen MR) is 73.9 cm³/mol. The van der Waals surface area contributed by atoms with Gasteiger partial charge in [-0.25, -0.2) is 8.42 Å². The lowest BCUT2D eigenvalue weighted by molar-refractivity contribution is 0.314. The second kappa shape index (κ2) is 5.41. The van der Waals surface area contributed by atoms with Gasteiger partial charge < -0.3 is 20.1 Å². The highest BCUT2D eigenvalue weighted by molar-refractivity contribution is 7.90. The molecule has 2 aromatic rings. The van der Waals surface area contributed by atoms with Crippen molar-refractivity contribution in [2.45, 2.75) is 0 Å². The van der Waals surface area contributed by atoms with Crippen molar-refractivity contribution in [1.29, 1.82) is 0 Å². The zero-order valence-corrected chi connectivity index (χ0v) is 11.6. The first-order chi connectivity index (χ1) is 9.42. The number of hydrogen-bond acceptors (Lipinski definition) is 6. The number of benzene rings is 1. The zero-order valence-electron chi connectivity index (χ0n) is 10.7. The average Bonchev–Trinajstić information content (AvgIpc) is 2.76. The van der Waals surface area contributed by atoms with E-state index in [1.165, 1.54) is 0 Å². The van der Waals surface area contributed by atoms with Gasteiger partial charge >= 0.3 is 0 Å². The van der Waals surface area contributed by atoms with Gasteiger partial charge in [0.2, 0.25) is 11.6 Å². The van der Waals surface area contributed by atoms with Crippen LogP contribution in [0.4, 0.5) is 0 Å². The molecule has 0 bridgehead atoms. The molecule has 0 saturated heterocycles. The van der Waals surface area contributed by atoms with Crippen molar-refractivity contribution in [3.63, 3.8) is 0 Å². The molecule has 0 saturated carbocycles. The third-order valence-electron chi connectivity index (χ3n) is 2.59. The SMILES string of the molecule is CS(=O)(=O)CCOc1c(/C(N)=N/O)oc2ccccc12. The lowest BCUT2D eigenvalue weighted by atomic mass is 10.2. The Balaban J connectivity index is 2.38. The molecule has 0 fully saturated rings. The summed E-state index contributed by atoms with van der Waals surface area (Å²) in [5.41, 5.74) is 6.03. The quantitative estimate of drug-likeness (QED) is 0.367. The molecule has 0 aliphatic rings. The molecule has 0 atom stereocenters. The number of nitrogens with zero attached hydrogens (tertiary/aromatic N) is 1. The predicted octanol–water partition coefficient (Wildman–Crippen LogP) is 0.951. The lowest BCUT2D eigenvalue weighted by Gasteiger charge is -2.05. The molecule has 3 N–H and O–H groups in total. The van der Waals surface area contributed by atoms with Gasteiger partial charge in [0, 0.05) is 6.26 Å². The maximum atomic E-state index is 11.1. The lowest BCUT2D eigenvalue weighted by Crippen LogP contribution is -2.16. The van der Waals surface area contributed by atoms with Crippen molar-refractivity contribution in [2.24, 2.45) is 10.9 Å². The van der Waals surface area contributed by atoms with Gasteiger partial charge in [-0.3, -0.25) is 0 Å². The Labute approximate surface area is 115 Å². The normalized spacial score (nSPS) is 12.8. The van der Waals surface area contributed by atoms with Gasteiger partial charge in [0.15, 0.2) is 15.6 Å². The Bertz CT molecular complexity index is 748. The van der Waals surface area contributed by atoms with E-state index in [4.69, 9.17) is 20.1 Å². The number of para-hydroxylation sites is 1. The second-order valence-electron chi connectivity index (χ2n) is 4.22. The van der Waals surface area contributed by atoms with Crippen molar-refractivity contribution in [1.82, 2.24) is 0 Å². The topological polar surface area (TPSA) is 115 Å². The molecule has 0 unspecified atom stereocenters. The summed E-state index contributed by atoms with van der Waals surface area (Å²) in [7, 11) is -3.14. The van der Waals surface area contributed by atoms with E-state index in [1.807, 2.05) is 0 Å². The number of rotatable bonds is 5. The molecule has 108 valence electrons. The van der Waals surface area contributed by atoms with Crippen LogP contribution in [0.25, 0.3) is 11.0 Å². The molecule has 0 amide bonds. The van der Waals surface area contributed by atoms with Crippen molar-refractivity contribution in [2.75, 3.05) is 18.6 Å². The largest absolute Gasteiger partial charge is 0.488 e. The summed E-state index contributed by atoms with van der Waals surface area (Å²) < 4.78 is 33.1. The van der Waals surface area contributed by atoms with E-state index in [2.05, 4.69) is 5.16 Å². The Morgan fingerprint density at radius 3 is 2.80 bits per heavy atom. The van der Waals surface area contributed by atoms with Gasteiger partial charge in [0.25, 0.3) is 0 Å². The third kappa shape index (κ3) is 3.02. The van der Waals surface area contributed by atoms with E-state index in [0.717, 1.165) is 6.26 Å². The van der Waals surface area contributed by atoms with Crippen LogP contribution >= 0.6 is 0 Å². The number of sulfone groups is 1. The van der Waals surface area contributed by atoms with Crippen molar-refractivity contribution in [3.8, 4) is 5.75 Å². The molecule has 8 heteroatoms. The Morgan fingerprint density at radius 2 is 2.15 bits per heavy atom. The maximum Gasteiger partial charge on any atom is 0.215 e. The van der Waals surface area contributed by atoms with Crippen molar-refractivity contribution in [3.05, 3.63) is 30.0 Å². The van der Waals surface area contributed by atoms with Crippen LogP contribution in [0.15, 0.2) is 33.8 Å². The van der Waals surface area contributed by atoms with Gasteiger partial charge in [0.05, 0.1) is 11.1 Å². The van der Waals surface area contributed by atoms with E-state index >= 15 is 0 Å². The van der Waals surface area contributed by atoms with E-state index in [-0.39, 0.29) is 29.7 Å². The molecular weight excluding hydrogens is 284 g/mol. The van der Waals surface area contributed by atoms with Crippen LogP contribution in [0.2, 0.25) is 0 Å². The van der Waals surface area contributed by atoms with E-state index in [9.17, 15) is 8.42 Å². The van der Waals surface area contributed by atoms with Crippen LogP contribution < -0.4 is 10.5 Å². The van der Waals surface area contributed by atoms with Crippen molar-refractivity contribution < 1.29 is 22.8 Å². The fourth-order valence-corrected chi connectivity index (χ4v) is 2.06. The third-order valence-corrected chi connectivity index (χ3v) is 3.50. The first-order valence-electron chi connectivity index (χ1n) is 5.72. The molecule has 2 rings (SSSR count). The number of furan rings is 1. The van der Waals surface area contributed by atoms with Crippen LogP contribution in [-0.2, 0) is 9.84 Å². The molecular formula is C12H14N2O5S. The van der Waals surface area contributed by atoms with Crippen LogP contribution in [0, 0.1) is 0 Å². The molecule has 7 nitrogen and oxygen atoms in total. The summed E-state index contributed by atoms with van der Waals surface area (Å²) in [6, 6.07) is 6.98. The van der Waals surface area contributed by atoms with Crippen LogP contribution in [0.1, 0.15) is 5.76 Å². The van der Waals surface area contributed by atoms with Crippen LogP contribution in [-0.4, -0.2) is 38.1 Å². The molecule has 1 aromatic heterocycles. The minimum absolute atomic E-state index is 0.0476. The summed E-state index contributed by atoms with van der Waals surface area (Å²) in [6.45, 7) is -0.0476. The molecule has 0 radical (unpaired) electrons. The first kappa shape index (κ1) is 14.2.